The van der Waals surface area contributed by atoms with Crippen molar-refractivity contribution >= 4 is 21.8 Å². The second-order valence-corrected chi connectivity index (χ2v) is 9.00. The number of H-pyrrole nitrogens is 1. The summed E-state index contributed by atoms with van der Waals surface area (Å²) in [5, 5.41) is 2.52. The van der Waals surface area contributed by atoms with Gasteiger partial charge in [0.2, 0.25) is 0 Å². The van der Waals surface area contributed by atoms with Gasteiger partial charge in [-0.05, 0) is 52.6 Å². The highest BCUT2D eigenvalue weighted by Crippen LogP contribution is 2.62. The van der Waals surface area contributed by atoms with E-state index in [9.17, 15) is 0 Å². The molecule has 2 aliphatic rings. The summed E-state index contributed by atoms with van der Waals surface area (Å²) in [6.07, 6.45) is 0. The van der Waals surface area contributed by atoms with Crippen LogP contribution in [0.25, 0.3) is 32.9 Å². The summed E-state index contributed by atoms with van der Waals surface area (Å²) in [6, 6.07) is 39.2. The molecule has 0 amide bonds. The minimum absolute atomic E-state index is 0.413. The number of rotatable bonds is 0. The van der Waals surface area contributed by atoms with Crippen LogP contribution in [0.5, 0.6) is 11.5 Å². The van der Waals surface area contributed by atoms with E-state index in [-0.39, 0.29) is 0 Å². The van der Waals surface area contributed by atoms with Gasteiger partial charge in [-0.15, -0.1) is 0 Å². The molecule has 1 N–H and O–H groups in total. The molecule has 1 aromatic heterocycles. The predicted octanol–water partition coefficient (Wildman–Crippen LogP) is 7.79. The largest absolute Gasteiger partial charge is 0.457 e. The molecule has 0 saturated heterocycles. The van der Waals surface area contributed by atoms with E-state index in [0.29, 0.717) is 0 Å². The number of hydrogen-bond acceptors (Lipinski definition) is 1. The zero-order valence-electron chi connectivity index (χ0n) is 17.8. The van der Waals surface area contributed by atoms with E-state index in [4.69, 9.17) is 4.74 Å². The average Bonchev–Trinajstić information content (AvgIpc) is 3.37. The molecule has 2 heteroatoms. The Morgan fingerprint density at radius 2 is 1.12 bits per heavy atom. The van der Waals surface area contributed by atoms with Crippen LogP contribution in [-0.4, -0.2) is 4.98 Å². The molecule has 5 aromatic carbocycles. The molecule has 2 nitrogen and oxygen atoms in total. The molecule has 8 rings (SSSR count). The molecule has 0 radical (unpaired) electrons. The minimum Gasteiger partial charge on any atom is -0.457 e. The Hall–Kier alpha value is -4.30. The van der Waals surface area contributed by atoms with Crippen molar-refractivity contribution in [2.75, 3.05) is 0 Å². The molecule has 0 unspecified atom stereocenters. The van der Waals surface area contributed by atoms with Crippen molar-refractivity contribution in [2.45, 2.75) is 5.41 Å². The van der Waals surface area contributed by atoms with E-state index in [0.717, 1.165) is 11.5 Å². The molecule has 0 atom stereocenters. The lowest BCUT2D eigenvalue weighted by Gasteiger charge is -2.39. The van der Waals surface area contributed by atoms with Gasteiger partial charge in [0.05, 0.1) is 5.41 Å². The van der Waals surface area contributed by atoms with Gasteiger partial charge in [-0.3, -0.25) is 0 Å². The lowest BCUT2D eigenvalue weighted by molar-refractivity contribution is 0.436. The lowest BCUT2D eigenvalue weighted by atomic mass is 9.66. The second kappa shape index (κ2) is 5.93. The number of fused-ring (bicyclic) bond motifs is 12. The summed E-state index contributed by atoms with van der Waals surface area (Å²) < 4.78 is 6.43. The maximum absolute atomic E-state index is 6.43. The molecule has 0 bridgehead atoms. The molecule has 0 saturated carbocycles. The highest BCUT2D eigenvalue weighted by molar-refractivity contribution is 6.10. The summed E-state index contributed by atoms with van der Waals surface area (Å²) in [7, 11) is 0. The van der Waals surface area contributed by atoms with Gasteiger partial charge < -0.3 is 9.72 Å². The van der Waals surface area contributed by atoms with Crippen molar-refractivity contribution < 1.29 is 4.74 Å². The maximum atomic E-state index is 6.43. The third-order valence-electron chi connectivity index (χ3n) is 7.47. The van der Waals surface area contributed by atoms with Crippen LogP contribution in [0.2, 0.25) is 0 Å². The van der Waals surface area contributed by atoms with Gasteiger partial charge >= 0.3 is 0 Å². The number of para-hydroxylation sites is 3. The zero-order chi connectivity index (χ0) is 21.6. The Morgan fingerprint density at radius 3 is 1.91 bits per heavy atom. The van der Waals surface area contributed by atoms with Crippen molar-refractivity contribution in [2.24, 2.45) is 0 Å². The van der Waals surface area contributed by atoms with E-state index in [1.54, 1.807) is 0 Å². The van der Waals surface area contributed by atoms with E-state index in [2.05, 4.69) is 114 Å². The molecule has 1 aliphatic carbocycles. The summed E-state index contributed by atoms with van der Waals surface area (Å²) in [4.78, 5) is 3.64. The SMILES string of the molecule is c1ccc2c(c1)Oc1ccccc1C21c2ccccc2-c2cc3[nH]c4ccccc4c3cc21. The van der Waals surface area contributed by atoms with Crippen LogP contribution in [0.3, 0.4) is 0 Å². The summed E-state index contributed by atoms with van der Waals surface area (Å²) in [5.74, 6) is 1.86. The normalized spacial score (nSPS) is 14.5. The van der Waals surface area contributed by atoms with E-state index in [1.165, 1.54) is 55.2 Å². The Kier molecular flexibility index (Phi) is 3.11. The van der Waals surface area contributed by atoms with Crippen LogP contribution in [0, 0.1) is 0 Å². The fourth-order valence-electron chi connectivity index (χ4n) is 6.20. The van der Waals surface area contributed by atoms with Gasteiger partial charge in [-0.25, -0.2) is 0 Å². The Morgan fingerprint density at radius 1 is 0.485 bits per heavy atom. The van der Waals surface area contributed by atoms with Crippen LogP contribution < -0.4 is 4.74 Å². The van der Waals surface area contributed by atoms with Crippen molar-refractivity contribution in [3.05, 3.63) is 131 Å². The number of nitrogens with one attached hydrogen (secondary N) is 1. The van der Waals surface area contributed by atoms with Gasteiger partial charge in [0, 0.05) is 32.9 Å². The van der Waals surface area contributed by atoms with Gasteiger partial charge in [0.1, 0.15) is 11.5 Å². The predicted molar refractivity (Wildman–Crippen MR) is 133 cm³/mol. The highest BCUT2D eigenvalue weighted by atomic mass is 16.5. The number of ether oxygens (including phenoxy) is 1. The average molecular weight is 421 g/mol. The third-order valence-corrected chi connectivity index (χ3v) is 7.47. The van der Waals surface area contributed by atoms with Gasteiger partial charge in [0.15, 0.2) is 0 Å². The fourth-order valence-corrected chi connectivity index (χ4v) is 6.20. The number of aromatic nitrogens is 1. The first-order valence-electron chi connectivity index (χ1n) is 11.4. The number of aromatic amines is 1. The molecule has 1 aliphatic heterocycles. The second-order valence-electron chi connectivity index (χ2n) is 9.00. The van der Waals surface area contributed by atoms with Crippen molar-refractivity contribution in [1.82, 2.24) is 4.98 Å². The number of hydrogen-bond donors (Lipinski definition) is 1. The molecular weight excluding hydrogens is 402 g/mol. The Labute approximate surface area is 191 Å². The van der Waals surface area contributed by atoms with E-state index < -0.39 is 5.41 Å². The highest BCUT2D eigenvalue weighted by Gasteiger charge is 2.51. The third kappa shape index (κ3) is 2.00. The topological polar surface area (TPSA) is 25.0 Å². The summed E-state index contributed by atoms with van der Waals surface area (Å²) >= 11 is 0. The number of benzene rings is 5. The standard InChI is InChI=1S/C31H19NO/c1-3-11-23-19(9-1)21-18-28-22(20-10-2-6-14-27(20)32-28)17-26(21)31(23)24-12-4-7-15-29(24)33-30-16-8-5-13-25(30)31/h1-18,32H. The molecule has 0 fully saturated rings. The van der Waals surface area contributed by atoms with Crippen LogP contribution in [0.15, 0.2) is 109 Å². The van der Waals surface area contributed by atoms with Crippen molar-refractivity contribution in [3.8, 4) is 22.6 Å². The monoisotopic (exact) mass is 421 g/mol. The molecular formula is C31H19NO. The van der Waals surface area contributed by atoms with Gasteiger partial charge in [-0.2, -0.15) is 0 Å². The molecule has 1 spiro atoms. The smallest absolute Gasteiger partial charge is 0.132 e. The van der Waals surface area contributed by atoms with E-state index in [1.807, 2.05) is 0 Å². The van der Waals surface area contributed by atoms with Crippen molar-refractivity contribution in [1.29, 1.82) is 0 Å². The van der Waals surface area contributed by atoms with E-state index >= 15 is 0 Å². The lowest BCUT2D eigenvalue weighted by Crippen LogP contribution is -2.32. The first kappa shape index (κ1) is 17.3. The van der Waals surface area contributed by atoms with Crippen LogP contribution >= 0.6 is 0 Å². The van der Waals surface area contributed by atoms with Crippen molar-refractivity contribution in [3.63, 3.8) is 0 Å². The Balaban J connectivity index is 1.61. The van der Waals surface area contributed by atoms with Crippen LogP contribution in [0.1, 0.15) is 22.3 Å². The zero-order valence-corrected chi connectivity index (χ0v) is 17.8. The Bertz CT molecular complexity index is 1710. The maximum Gasteiger partial charge on any atom is 0.132 e. The molecule has 154 valence electrons. The minimum atomic E-state index is -0.413. The molecule has 33 heavy (non-hydrogen) atoms. The first-order chi connectivity index (χ1) is 16.4. The quantitative estimate of drug-likeness (QED) is 0.266. The van der Waals surface area contributed by atoms with Crippen LogP contribution in [0.4, 0.5) is 0 Å². The first-order valence-corrected chi connectivity index (χ1v) is 11.4. The molecule has 2 heterocycles. The summed E-state index contributed by atoms with van der Waals surface area (Å²) in [6.45, 7) is 0. The van der Waals surface area contributed by atoms with Crippen LogP contribution in [-0.2, 0) is 5.41 Å². The van der Waals surface area contributed by atoms with Gasteiger partial charge in [0.25, 0.3) is 0 Å². The van der Waals surface area contributed by atoms with Gasteiger partial charge in [-0.1, -0.05) is 78.9 Å². The fraction of sp³-hybridized carbons (Fsp3) is 0.0323. The molecule has 6 aromatic rings. The summed E-state index contributed by atoms with van der Waals surface area (Å²) in [5.41, 5.74) is 9.56.